The van der Waals surface area contributed by atoms with E-state index in [9.17, 15) is 0 Å². The Kier molecular flexibility index (Phi) is 6.15. The lowest BCUT2D eigenvalue weighted by molar-refractivity contribution is 0.190. The molecular formula is C11H25N3. The van der Waals surface area contributed by atoms with Crippen LogP contribution in [0.25, 0.3) is 0 Å². The predicted molar refractivity (Wildman–Crippen MR) is 61.4 cm³/mol. The summed E-state index contributed by atoms with van der Waals surface area (Å²) in [6.07, 6.45) is 3.83. The van der Waals surface area contributed by atoms with Crippen LogP contribution in [-0.2, 0) is 0 Å². The fourth-order valence-corrected chi connectivity index (χ4v) is 2.04. The minimum absolute atomic E-state index is 0.807. The summed E-state index contributed by atoms with van der Waals surface area (Å²) >= 11 is 0. The lowest BCUT2D eigenvalue weighted by atomic mass is 9.97. The van der Waals surface area contributed by atoms with Gasteiger partial charge in [-0.25, -0.2) is 0 Å². The summed E-state index contributed by atoms with van der Waals surface area (Å²) in [7, 11) is 0. The number of nitrogens with one attached hydrogen (secondary N) is 1. The number of rotatable bonds is 6. The van der Waals surface area contributed by atoms with Crippen LogP contribution in [0.15, 0.2) is 0 Å². The molecule has 0 spiro atoms. The van der Waals surface area contributed by atoms with Crippen molar-refractivity contribution in [2.45, 2.75) is 26.2 Å². The number of nitrogens with zero attached hydrogens (tertiary/aromatic N) is 1. The molecule has 1 aliphatic heterocycles. The zero-order valence-corrected chi connectivity index (χ0v) is 9.47. The molecule has 0 aliphatic carbocycles. The largest absolute Gasteiger partial charge is 0.330 e. The van der Waals surface area contributed by atoms with E-state index in [1.54, 1.807) is 0 Å². The minimum Gasteiger partial charge on any atom is -0.330 e. The maximum Gasteiger partial charge on any atom is -0.00157 e. The molecule has 0 unspecified atom stereocenters. The zero-order valence-electron chi connectivity index (χ0n) is 9.47. The van der Waals surface area contributed by atoms with Gasteiger partial charge < -0.3 is 16.0 Å². The van der Waals surface area contributed by atoms with Gasteiger partial charge in [0.25, 0.3) is 0 Å². The molecule has 3 N–H and O–H groups in total. The molecule has 1 saturated heterocycles. The Labute approximate surface area is 88.0 Å². The van der Waals surface area contributed by atoms with Crippen LogP contribution in [0.2, 0.25) is 0 Å². The summed E-state index contributed by atoms with van der Waals surface area (Å²) in [5, 5.41) is 3.49. The molecule has 0 radical (unpaired) electrons. The second-order valence-electron chi connectivity index (χ2n) is 4.22. The van der Waals surface area contributed by atoms with Crippen molar-refractivity contribution in [1.82, 2.24) is 10.2 Å². The van der Waals surface area contributed by atoms with Crippen molar-refractivity contribution in [3.8, 4) is 0 Å². The van der Waals surface area contributed by atoms with Crippen molar-refractivity contribution in [2.75, 3.05) is 39.3 Å². The van der Waals surface area contributed by atoms with Crippen molar-refractivity contribution in [1.29, 1.82) is 0 Å². The van der Waals surface area contributed by atoms with Crippen LogP contribution in [0.5, 0.6) is 0 Å². The molecule has 0 atom stereocenters. The maximum absolute atomic E-state index is 5.44. The Morgan fingerprint density at radius 3 is 2.64 bits per heavy atom. The molecule has 0 aromatic heterocycles. The Bertz CT molecular complexity index is 130. The molecule has 0 aromatic rings. The zero-order chi connectivity index (χ0) is 10.2. The first-order valence-electron chi connectivity index (χ1n) is 6.00. The van der Waals surface area contributed by atoms with Crippen LogP contribution in [0.1, 0.15) is 26.2 Å². The van der Waals surface area contributed by atoms with Gasteiger partial charge >= 0.3 is 0 Å². The fraction of sp³-hybridized carbons (Fsp3) is 1.00. The summed E-state index contributed by atoms with van der Waals surface area (Å²) in [4.78, 5) is 2.54. The van der Waals surface area contributed by atoms with E-state index < -0.39 is 0 Å². The molecule has 0 saturated carbocycles. The van der Waals surface area contributed by atoms with Crippen LogP contribution in [0, 0.1) is 5.92 Å². The molecule has 3 nitrogen and oxygen atoms in total. The number of hydrogen-bond acceptors (Lipinski definition) is 3. The van der Waals surface area contributed by atoms with Gasteiger partial charge in [-0.15, -0.1) is 0 Å². The summed E-state index contributed by atoms with van der Waals surface area (Å²) in [5.74, 6) is 0.899. The summed E-state index contributed by atoms with van der Waals surface area (Å²) in [5.41, 5.74) is 5.44. The molecule has 0 aromatic carbocycles. The average molecular weight is 199 g/mol. The van der Waals surface area contributed by atoms with Crippen molar-refractivity contribution in [3.63, 3.8) is 0 Å². The van der Waals surface area contributed by atoms with Gasteiger partial charge in [-0.2, -0.15) is 0 Å². The average Bonchev–Trinajstić information content (AvgIpc) is 2.25. The lowest BCUT2D eigenvalue weighted by Crippen LogP contribution is -2.37. The fourth-order valence-electron chi connectivity index (χ4n) is 2.04. The Hall–Kier alpha value is -0.120. The highest BCUT2D eigenvalue weighted by molar-refractivity contribution is 4.72. The van der Waals surface area contributed by atoms with Crippen LogP contribution >= 0.6 is 0 Å². The van der Waals surface area contributed by atoms with Crippen molar-refractivity contribution >= 4 is 0 Å². The summed E-state index contributed by atoms with van der Waals surface area (Å²) < 4.78 is 0. The van der Waals surface area contributed by atoms with Gasteiger partial charge in [0.05, 0.1) is 0 Å². The number of nitrogens with two attached hydrogens (primary N) is 1. The molecule has 1 rings (SSSR count). The van der Waals surface area contributed by atoms with E-state index in [2.05, 4.69) is 17.1 Å². The Balaban J connectivity index is 1.98. The topological polar surface area (TPSA) is 41.3 Å². The van der Waals surface area contributed by atoms with Crippen LogP contribution in [0.3, 0.4) is 0 Å². The van der Waals surface area contributed by atoms with Crippen LogP contribution in [0.4, 0.5) is 0 Å². The van der Waals surface area contributed by atoms with E-state index in [1.165, 1.54) is 39.0 Å². The number of hydrogen-bond donors (Lipinski definition) is 2. The van der Waals surface area contributed by atoms with Gasteiger partial charge in [0.15, 0.2) is 0 Å². The maximum atomic E-state index is 5.44. The molecule has 1 aliphatic rings. The standard InChI is InChI=1S/C11H25N3/c1-2-14-8-4-11(5-9-14)10-13-7-3-6-12/h11,13H,2-10,12H2,1H3. The molecule has 1 fully saturated rings. The molecule has 0 amide bonds. The molecular weight excluding hydrogens is 174 g/mol. The molecule has 0 bridgehead atoms. The third-order valence-electron chi connectivity index (χ3n) is 3.15. The van der Waals surface area contributed by atoms with E-state index in [0.29, 0.717) is 0 Å². The Morgan fingerprint density at radius 2 is 2.07 bits per heavy atom. The molecule has 14 heavy (non-hydrogen) atoms. The van der Waals surface area contributed by atoms with Gasteiger partial charge in [-0.05, 0) is 64.4 Å². The lowest BCUT2D eigenvalue weighted by Gasteiger charge is -2.31. The third-order valence-corrected chi connectivity index (χ3v) is 3.15. The molecule has 1 heterocycles. The van der Waals surface area contributed by atoms with Crippen molar-refractivity contribution in [2.24, 2.45) is 11.7 Å². The van der Waals surface area contributed by atoms with E-state index in [1.807, 2.05) is 0 Å². The van der Waals surface area contributed by atoms with Gasteiger partial charge in [-0.1, -0.05) is 6.92 Å². The number of likely N-dealkylation sites (tertiary alicyclic amines) is 1. The minimum atomic E-state index is 0.807. The van der Waals surface area contributed by atoms with E-state index in [0.717, 1.165) is 25.4 Å². The molecule has 84 valence electrons. The first-order valence-corrected chi connectivity index (χ1v) is 6.00. The second kappa shape index (κ2) is 7.21. The highest BCUT2D eigenvalue weighted by Gasteiger charge is 2.16. The van der Waals surface area contributed by atoms with Gasteiger partial charge in [0, 0.05) is 0 Å². The highest BCUT2D eigenvalue weighted by atomic mass is 15.1. The SMILES string of the molecule is CCN1CCC(CNCCCN)CC1. The van der Waals surface area contributed by atoms with E-state index in [-0.39, 0.29) is 0 Å². The quantitative estimate of drug-likeness (QED) is 0.617. The van der Waals surface area contributed by atoms with Gasteiger partial charge in [0.2, 0.25) is 0 Å². The molecule has 3 heteroatoms. The van der Waals surface area contributed by atoms with E-state index >= 15 is 0 Å². The predicted octanol–water partition coefficient (Wildman–Crippen LogP) is 0.657. The Morgan fingerprint density at radius 1 is 1.36 bits per heavy atom. The third kappa shape index (κ3) is 4.40. The van der Waals surface area contributed by atoms with E-state index in [4.69, 9.17) is 5.73 Å². The van der Waals surface area contributed by atoms with Crippen LogP contribution in [-0.4, -0.2) is 44.2 Å². The van der Waals surface area contributed by atoms with Crippen LogP contribution < -0.4 is 11.1 Å². The number of piperidine rings is 1. The highest BCUT2D eigenvalue weighted by Crippen LogP contribution is 2.15. The normalized spacial score (nSPS) is 20.1. The second-order valence-corrected chi connectivity index (χ2v) is 4.22. The van der Waals surface area contributed by atoms with Crippen molar-refractivity contribution in [3.05, 3.63) is 0 Å². The van der Waals surface area contributed by atoms with Gasteiger partial charge in [-0.3, -0.25) is 0 Å². The van der Waals surface area contributed by atoms with Gasteiger partial charge in [0.1, 0.15) is 0 Å². The monoisotopic (exact) mass is 199 g/mol. The smallest absolute Gasteiger partial charge is 0.00157 e. The summed E-state index contributed by atoms with van der Waals surface area (Å²) in [6.45, 7) is 9.13. The van der Waals surface area contributed by atoms with Crippen molar-refractivity contribution < 1.29 is 0 Å². The first-order chi connectivity index (χ1) is 6.86. The first kappa shape index (κ1) is 12.0. The summed E-state index contributed by atoms with van der Waals surface area (Å²) in [6, 6.07) is 0.